The monoisotopic (exact) mass is 636 g/mol. The average Bonchev–Trinajstić information content (AvgIpc) is 3.55. The van der Waals surface area contributed by atoms with Gasteiger partial charge < -0.3 is 19.7 Å². The van der Waals surface area contributed by atoms with Gasteiger partial charge in [0.1, 0.15) is 6.04 Å². The molecular weight excluding hydrogens is 597 g/mol. The number of halogens is 3. The first kappa shape index (κ1) is 32.1. The number of anilines is 1. The van der Waals surface area contributed by atoms with Crippen LogP contribution < -0.4 is 10.9 Å². The molecule has 1 aliphatic carbocycles. The molecule has 2 saturated heterocycles. The number of benzene rings is 2. The van der Waals surface area contributed by atoms with Crippen molar-refractivity contribution in [1.82, 2.24) is 14.7 Å². The summed E-state index contributed by atoms with van der Waals surface area (Å²) >= 11 is 0. The molecule has 3 aromatic rings. The number of carbonyl (C=O) groups excluding carboxylic acids is 1. The largest absolute Gasteiger partial charge is 0.416 e. The predicted molar refractivity (Wildman–Crippen MR) is 168 cm³/mol. The van der Waals surface area contributed by atoms with Crippen LogP contribution in [0.15, 0.2) is 35.1 Å². The number of hydrogen-bond acceptors (Lipinski definition) is 6. The van der Waals surface area contributed by atoms with Crippen LogP contribution in [0.2, 0.25) is 0 Å². The molecule has 2 aromatic carbocycles. The molecule has 0 radical (unpaired) electrons. The van der Waals surface area contributed by atoms with Gasteiger partial charge in [0.05, 0.1) is 35.7 Å². The van der Waals surface area contributed by atoms with E-state index in [0.717, 1.165) is 42.9 Å². The maximum Gasteiger partial charge on any atom is 0.416 e. The summed E-state index contributed by atoms with van der Waals surface area (Å²) < 4.78 is 54.1. The van der Waals surface area contributed by atoms with Gasteiger partial charge >= 0.3 is 6.18 Å². The van der Waals surface area contributed by atoms with E-state index in [9.17, 15) is 22.8 Å². The number of hydrogen-bond donors (Lipinski definition) is 1. The normalized spacial score (nSPS) is 19.5. The SMILES string of the molecule is C#C[C@@H](Nc1nn(C)c(=O)c2c(C3CCCC3)cc(C3(OC)CCN(C(=O)C4COC4)CC3)cc12)c1cccc(C(F)(F)F)c1C. The smallest absolute Gasteiger partial charge is 0.380 e. The molecule has 8 nitrogen and oxygen atoms in total. The number of likely N-dealkylation sites (tertiary alicyclic amines) is 1. The lowest BCUT2D eigenvalue weighted by Gasteiger charge is -2.43. The molecule has 0 unspecified atom stereocenters. The Bertz CT molecular complexity index is 1740. The molecule has 1 atom stereocenters. The van der Waals surface area contributed by atoms with Crippen molar-refractivity contribution in [3.8, 4) is 12.3 Å². The maximum absolute atomic E-state index is 13.8. The molecule has 244 valence electrons. The fraction of sp³-hybridized carbons (Fsp3) is 0.514. The van der Waals surface area contributed by atoms with E-state index in [1.54, 1.807) is 20.2 Å². The van der Waals surface area contributed by atoms with Gasteiger partial charge in [0.2, 0.25) is 5.91 Å². The lowest BCUT2D eigenvalue weighted by molar-refractivity contribution is -0.155. The van der Waals surface area contributed by atoms with Crippen LogP contribution in [0.5, 0.6) is 0 Å². The molecule has 0 bridgehead atoms. The minimum atomic E-state index is -4.54. The highest BCUT2D eigenvalue weighted by Crippen LogP contribution is 2.44. The number of carbonyl (C=O) groups is 1. The highest BCUT2D eigenvalue weighted by atomic mass is 19.4. The number of alkyl halides is 3. The van der Waals surface area contributed by atoms with E-state index in [2.05, 4.69) is 22.4 Å². The number of aromatic nitrogens is 2. The minimum absolute atomic E-state index is 0.0278. The molecule has 0 spiro atoms. The number of terminal acetylenes is 1. The van der Waals surface area contributed by atoms with Gasteiger partial charge in [0, 0.05) is 32.6 Å². The third kappa shape index (κ3) is 5.66. The van der Waals surface area contributed by atoms with Crippen LogP contribution in [-0.2, 0) is 33.1 Å². The van der Waals surface area contributed by atoms with Crippen molar-refractivity contribution in [2.24, 2.45) is 13.0 Å². The van der Waals surface area contributed by atoms with Gasteiger partial charge in [0.15, 0.2) is 5.82 Å². The van der Waals surface area contributed by atoms with Crippen LogP contribution in [0.1, 0.15) is 78.3 Å². The molecule has 3 heterocycles. The highest BCUT2D eigenvalue weighted by molar-refractivity contribution is 5.95. The molecule has 6 rings (SSSR count). The summed E-state index contributed by atoms with van der Waals surface area (Å²) in [5.41, 5.74) is 0.411. The number of fused-ring (bicyclic) bond motifs is 1. The Morgan fingerprint density at radius 2 is 1.89 bits per heavy atom. The van der Waals surface area contributed by atoms with Crippen molar-refractivity contribution in [2.45, 2.75) is 69.2 Å². The lowest BCUT2D eigenvalue weighted by Crippen LogP contribution is -2.51. The molecule has 1 saturated carbocycles. The quantitative estimate of drug-likeness (QED) is 0.330. The second-order valence-corrected chi connectivity index (χ2v) is 12.8. The first-order valence-electron chi connectivity index (χ1n) is 15.8. The van der Waals surface area contributed by atoms with Crippen LogP contribution in [0.4, 0.5) is 19.0 Å². The highest BCUT2D eigenvalue weighted by Gasteiger charge is 2.41. The zero-order chi connectivity index (χ0) is 32.8. The second-order valence-electron chi connectivity index (χ2n) is 12.8. The van der Waals surface area contributed by atoms with Crippen molar-refractivity contribution >= 4 is 22.5 Å². The number of rotatable bonds is 7. The van der Waals surface area contributed by atoms with Gasteiger partial charge in [-0.25, -0.2) is 4.68 Å². The molecule has 1 N–H and O–H groups in total. The third-order valence-electron chi connectivity index (χ3n) is 10.2. The van der Waals surface area contributed by atoms with E-state index in [4.69, 9.17) is 15.9 Å². The number of nitrogens with zero attached hydrogens (tertiary/aromatic N) is 3. The summed E-state index contributed by atoms with van der Waals surface area (Å²) in [5, 5.41) is 8.85. The third-order valence-corrected chi connectivity index (χ3v) is 10.2. The zero-order valence-corrected chi connectivity index (χ0v) is 26.4. The summed E-state index contributed by atoms with van der Waals surface area (Å²) in [7, 11) is 3.24. The van der Waals surface area contributed by atoms with Gasteiger partial charge in [-0.2, -0.15) is 18.3 Å². The van der Waals surface area contributed by atoms with Crippen LogP contribution in [0.25, 0.3) is 10.8 Å². The van der Waals surface area contributed by atoms with Crippen molar-refractivity contribution in [1.29, 1.82) is 0 Å². The molecule has 2 aliphatic heterocycles. The molecule has 3 aliphatic rings. The van der Waals surface area contributed by atoms with Crippen molar-refractivity contribution in [2.75, 3.05) is 38.7 Å². The van der Waals surface area contributed by atoms with E-state index in [1.807, 2.05) is 11.0 Å². The topological polar surface area (TPSA) is 85.7 Å². The number of methoxy groups -OCH3 is 1. The van der Waals surface area contributed by atoms with Gasteiger partial charge in [-0.3, -0.25) is 9.59 Å². The summed E-state index contributed by atoms with van der Waals surface area (Å²) in [6, 6.07) is 7.02. The number of amides is 1. The Balaban J connectivity index is 1.46. The first-order chi connectivity index (χ1) is 22.0. The fourth-order valence-corrected chi connectivity index (χ4v) is 7.38. The Hall–Kier alpha value is -3.88. The van der Waals surface area contributed by atoms with Crippen molar-refractivity contribution in [3.63, 3.8) is 0 Å². The van der Waals surface area contributed by atoms with E-state index >= 15 is 0 Å². The van der Waals surface area contributed by atoms with E-state index < -0.39 is 23.4 Å². The number of piperidine rings is 1. The first-order valence-corrected chi connectivity index (χ1v) is 15.8. The minimum Gasteiger partial charge on any atom is -0.380 e. The molecular formula is C35H39F3N4O4. The van der Waals surface area contributed by atoms with E-state index in [0.29, 0.717) is 61.3 Å². The number of aryl methyl sites for hydroxylation is 1. The Labute approximate surface area is 266 Å². The molecule has 1 amide bonds. The molecule has 3 fully saturated rings. The van der Waals surface area contributed by atoms with Crippen LogP contribution in [0, 0.1) is 25.2 Å². The summed E-state index contributed by atoms with van der Waals surface area (Å²) in [4.78, 5) is 28.6. The molecule has 46 heavy (non-hydrogen) atoms. The van der Waals surface area contributed by atoms with Gasteiger partial charge in [-0.1, -0.05) is 37.0 Å². The van der Waals surface area contributed by atoms with Gasteiger partial charge in [0.25, 0.3) is 5.56 Å². The number of nitrogens with one attached hydrogen (secondary N) is 1. The van der Waals surface area contributed by atoms with Crippen molar-refractivity contribution in [3.05, 3.63) is 68.5 Å². The molecule has 1 aromatic heterocycles. The lowest BCUT2D eigenvalue weighted by atomic mass is 9.80. The predicted octanol–water partition coefficient (Wildman–Crippen LogP) is 5.82. The Morgan fingerprint density at radius 1 is 1.20 bits per heavy atom. The van der Waals surface area contributed by atoms with Crippen LogP contribution in [-0.4, -0.2) is 54.0 Å². The standard InChI is InChI=1S/C35H39F3N4O4/c1-5-29(25-11-8-12-28(21(25)2)35(36,37)38)39-31-27-18-24(17-26(22-9-6-7-10-22)30(27)33(44)41(3)40-31)34(45-4)13-15-42(16-14-34)32(43)23-19-46-20-23/h1,8,11-12,17-18,22-23,29H,6-7,9-10,13-16,19-20H2,2-4H3,(H,39,40)/t29-/m1/s1. The summed E-state index contributed by atoms with van der Waals surface area (Å²) in [6.07, 6.45) is 6.52. The number of ether oxygens (including phenoxy) is 2. The zero-order valence-electron chi connectivity index (χ0n) is 26.4. The van der Waals surface area contributed by atoms with Crippen molar-refractivity contribution < 1.29 is 27.4 Å². The second kappa shape index (κ2) is 12.4. The van der Waals surface area contributed by atoms with Gasteiger partial charge in [-0.05, 0) is 72.9 Å². The van der Waals surface area contributed by atoms with Crippen LogP contribution in [0.3, 0.4) is 0 Å². The van der Waals surface area contributed by atoms with Gasteiger partial charge in [-0.15, -0.1) is 6.42 Å². The Morgan fingerprint density at radius 3 is 2.48 bits per heavy atom. The van der Waals surface area contributed by atoms with Crippen LogP contribution >= 0.6 is 0 Å². The average molecular weight is 637 g/mol. The van der Waals surface area contributed by atoms with E-state index in [1.165, 1.54) is 17.7 Å². The summed E-state index contributed by atoms with van der Waals surface area (Å²) in [6.45, 7) is 3.36. The van der Waals surface area contributed by atoms with E-state index in [-0.39, 0.29) is 28.9 Å². The maximum atomic E-state index is 13.8. The fourth-order valence-electron chi connectivity index (χ4n) is 7.38. The molecule has 11 heteroatoms. The Kier molecular flexibility index (Phi) is 8.63. The summed E-state index contributed by atoms with van der Waals surface area (Å²) in [5.74, 6) is 3.09.